The van der Waals surface area contributed by atoms with E-state index in [2.05, 4.69) is 30.0 Å². The summed E-state index contributed by atoms with van der Waals surface area (Å²) in [5.41, 5.74) is 9.21. The Morgan fingerprint density at radius 3 is 2.56 bits per heavy atom. The van der Waals surface area contributed by atoms with Crippen LogP contribution in [0.3, 0.4) is 0 Å². The molecule has 2 aromatic rings. The van der Waals surface area contributed by atoms with Gasteiger partial charge in [0.05, 0.1) is 6.54 Å². The van der Waals surface area contributed by atoms with Gasteiger partial charge in [-0.15, -0.1) is 6.42 Å². The fourth-order valence-electron chi connectivity index (χ4n) is 1.98. The number of aromatic nitrogens is 2. The number of benzene rings is 1. The SMILES string of the molecule is C#CCn1c(CC)nc(-c2ccc(C)cc2)c1N. The van der Waals surface area contributed by atoms with Crippen molar-refractivity contribution < 1.29 is 0 Å². The summed E-state index contributed by atoms with van der Waals surface area (Å²) in [7, 11) is 0. The second-order valence-electron chi connectivity index (χ2n) is 4.27. The monoisotopic (exact) mass is 239 g/mol. The summed E-state index contributed by atoms with van der Waals surface area (Å²) in [6, 6.07) is 8.18. The molecule has 0 radical (unpaired) electrons. The highest BCUT2D eigenvalue weighted by Gasteiger charge is 2.14. The zero-order chi connectivity index (χ0) is 13.1. The molecular weight excluding hydrogens is 222 g/mol. The van der Waals surface area contributed by atoms with Crippen molar-refractivity contribution in [3.05, 3.63) is 35.7 Å². The van der Waals surface area contributed by atoms with Crippen molar-refractivity contribution in [1.82, 2.24) is 9.55 Å². The third-order valence-corrected chi connectivity index (χ3v) is 2.98. The van der Waals surface area contributed by atoms with Crippen molar-refractivity contribution in [1.29, 1.82) is 0 Å². The number of anilines is 1. The van der Waals surface area contributed by atoms with Crippen LogP contribution in [0.2, 0.25) is 0 Å². The molecule has 0 atom stereocenters. The molecular formula is C15H17N3. The molecule has 0 saturated carbocycles. The zero-order valence-electron chi connectivity index (χ0n) is 10.8. The molecule has 3 heteroatoms. The van der Waals surface area contributed by atoms with Crippen LogP contribution < -0.4 is 5.73 Å². The van der Waals surface area contributed by atoms with E-state index in [-0.39, 0.29) is 0 Å². The lowest BCUT2D eigenvalue weighted by Crippen LogP contribution is -2.05. The van der Waals surface area contributed by atoms with Gasteiger partial charge in [-0.1, -0.05) is 42.7 Å². The number of nitrogen functional groups attached to an aromatic ring is 1. The largest absolute Gasteiger partial charge is 0.383 e. The first kappa shape index (κ1) is 12.3. The number of nitrogens with two attached hydrogens (primary N) is 1. The van der Waals surface area contributed by atoms with Gasteiger partial charge in [0.2, 0.25) is 0 Å². The molecule has 3 nitrogen and oxygen atoms in total. The molecule has 18 heavy (non-hydrogen) atoms. The molecule has 0 bridgehead atoms. The maximum Gasteiger partial charge on any atom is 0.132 e. The molecule has 0 unspecified atom stereocenters. The van der Waals surface area contributed by atoms with Gasteiger partial charge in [-0.2, -0.15) is 0 Å². The van der Waals surface area contributed by atoms with E-state index in [1.807, 2.05) is 23.6 Å². The lowest BCUT2D eigenvalue weighted by Gasteiger charge is -2.04. The Kier molecular flexibility index (Phi) is 3.38. The van der Waals surface area contributed by atoms with Crippen LogP contribution >= 0.6 is 0 Å². The van der Waals surface area contributed by atoms with Crippen LogP contribution in [-0.4, -0.2) is 9.55 Å². The summed E-state index contributed by atoms with van der Waals surface area (Å²) in [6.45, 7) is 4.57. The van der Waals surface area contributed by atoms with Crippen LogP contribution in [0.15, 0.2) is 24.3 Å². The topological polar surface area (TPSA) is 43.8 Å². The van der Waals surface area contributed by atoms with Crippen molar-refractivity contribution in [3.63, 3.8) is 0 Å². The van der Waals surface area contributed by atoms with Gasteiger partial charge in [-0.3, -0.25) is 0 Å². The average Bonchev–Trinajstić information content (AvgIpc) is 2.69. The van der Waals surface area contributed by atoms with Gasteiger partial charge >= 0.3 is 0 Å². The normalized spacial score (nSPS) is 10.3. The van der Waals surface area contributed by atoms with Crippen molar-refractivity contribution in [2.75, 3.05) is 5.73 Å². The summed E-state index contributed by atoms with van der Waals surface area (Å²) in [6.07, 6.45) is 6.18. The first-order valence-electron chi connectivity index (χ1n) is 6.02. The predicted octanol–water partition coefficient (Wildman–Crippen LogP) is 2.64. The smallest absolute Gasteiger partial charge is 0.132 e. The summed E-state index contributed by atoms with van der Waals surface area (Å²) in [5.74, 6) is 4.19. The average molecular weight is 239 g/mol. The minimum atomic E-state index is 0.466. The van der Waals surface area contributed by atoms with Gasteiger partial charge < -0.3 is 10.3 Å². The van der Waals surface area contributed by atoms with E-state index in [9.17, 15) is 0 Å². The summed E-state index contributed by atoms with van der Waals surface area (Å²) in [5, 5.41) is 0. The molecule has 92 valence electrons. The third kappa shape index (κ3) is 2.10. The zero-order valence-corrected chi connectivity index (χ0v) is 10.8. The summed E-state index contributed by atoms with van der Waals surface area (Å²) in [4.78, 5) is 4.59. The van der Waals surface area contributed by atoms with Crippen LogP contribution in [0.5, 0.6) is 0 Å². The fourth-order valence-corrected chi connectivity index (χ4v) is 1.98. The third-order valence-electron chi connectivity index (χ3n) is 2.98. The first-order valence-corrected chi connectivity index (χ1v) is 6.02. The molecule has 0 saturated heterocycles. The van der Waals surface area contributed by atoms with Crippen molar-refractivity contribution in [2.45, 2.75) is 26.8 Å². The lowest BCUT2D eigenvalue weighted by atomic mass is 10.1. The molecule has 0 aliphatic rings. The van der Waals surface area contributed by atoms with Crippen molar-refractivity contribution in [2.24, 2.45) is 0 Å². The van der Waals surface area contributed by atoms with Gasteiger partial charge in [0, 0.05) is 12.0 Å². The Balaban J connectivity index is 2.52. The number of terminal acetylenes is 1. The fraction of sp³-hybridized carbons (Fsp3) is 0.267. The summed E-state index contributed by atoms with van der Waals surface area (Å²) < 4.78 is 1.90. The molecule has 0 aliphatic carbocycles. The number of hydrogen-bond donors (Lipinski definition) is 1. The highest BCUT2D eigenvalue weighted by Crippen LogP contribution is 2.26. The lowest BCUT2D eigenvalue weighted by molar-refractivity contribution is 0.769. The summed E-state index contributed by atoms with van der Waals surface area (Å²) >= 11 is 0. The minimum absolute atomic E-state index is 0.466. The van der Waals surface area contributed by atoms with Gasteiger partial charge in [0.25, 0.3) is 0 Å². The van der Waals surface area contributed by atoms with E-state index in [0.717, 1.165) is 23.5 Å². The van der Waals surface area contributed by atoms with Crippen LogP contribution in [0, 0.1) is 19.3 Å². The second-order valence-corrected chi connectivity index (χ2v) is 4.27. The standard InChI is InChI=1S/C15H17N3/c1-4-10-18-13(5-2)17-14(15(18)16)12-8-6-11(3)7-9-12/h1,6-9H,5,10,16H2,2-3H3. The number of hydrogen-bond acceptors (Lipinski definition) is 2. The highest BCUT2D eigenvalue weighted by molar-refractivity contribution is 5.71. The quantitative estimate of drug-likeness (QED) is 0.837. The number of imidazole rings is 1. The van der Waals surface area contributed by atoms with Crippen LogP contribution in [-0.2, 0) is 13.0 Å². The molecule has 2 rings (SSSR count). The Morgan fingerprint density at radius 1 is 1.33 bits per heavy atom. The molecule has 2 N–H and O–H groups in total. The van der Waals surface area contributed by atoms with Crippen LogP contribution in [0.4, 0.5) is 5.82 Å². The minimum Gasteiger partial charge on any atom is -0.383 e. The number of nitrogens with zero attached hydrogens (tertiary/aromatic N) is 2. The Morgan fingerprint density at radius 2 is 2.00 bits per heavy atom. The van der Waals surface area contributed by atoms with E-state index in [1.165, 1.54) is 5.56 Å². The second kappa shape index (κ2) is 4.97. The molecule has 1 aromatic heterocycles. The predicted molar refractivity (Wildman–Crippen MR) is 75.0 cm³/mol. The van der Waals surface area contributed by atoms with E-state index in [0.29, 0.717) is 12.4 Å². The van der Waals surface area contributed by atoms with Gasteiger partial charge in [-0.25, -0.2) is 4.98 Å². The van der Waals surface area contributed by atoms with E-state index in [4.69, 9.17) is 12.2 Å². The molecule has 0 spiro atoms. The first-order chi connectivity index (χ1) is 8.67. The van der Waals surface area contributed by atoms with Gasteiger partial charge in [0.1, 0.15) is 17.3 Å². The molecule has 1 aromatic carbocycles. The molecule has 0 fully saturated rings. The van der Waals surface area contributed by atoms with Crippen LogP contribution in [0.25, 0.3) is 11.3 Å². The Hall–Kier alpha value is -2.21. The van der Waals surface area contributed by atoms with Crippen molar-refractivity contribution >= 4 is 5.82 Å². The van der Waals surface area contributed by atoms with Gasteiger partial charge in [-0.05, 0) is 6.92 Å². The number of aryl methyl sites for hydroxylation is 2. The van der Waals surface area contributed by atoms with Crippen LogP contribution in [0.1, 0.15) is 18.3 Å². The Bertz CT molecular complexity index is 585. The Labute approximate surface area is 108 Å². The molecule has 0 aliphatic heterocycles. The maximum absolute atomic E-state index is 6.14. The highest BCUT2D eigenvalue weighted by atomic mass is 15.1. The molecule has 1 heterocycles. The maximum atomic E-state index is 6.14. The van der Waals surface area contributed by atoms with E-state index in [1.54, 1.807) is 0 Å². The van der Waals surface area contributed by atoms with Crippen molar-refractivity contribution in [3.8, 4) is 23.6 Å². The number of rotatable bonds is 3. The van der Waals surface area contributed by atoms with Gasteiger partial charge in [0.15, 0.2) is 0 Å². The molecule has 0 amide bonds. The van der Waals surface area contributed by atoms with E-state index < -0.39 is 0 Å². The van der Waals surface area contributed by atoms with E-state index >= 15 is 0 Å².